The van der Waals surface area contributed by atoms with Crippen LogP contribution >= 0.6 is 0 Å². The minimum atomic E-state index is 0.398. The van der Waals surface area contributed by atoms with Crippen molar-refractivity contribution in [2.75, 3.05) is 20.1 Å². The van der Waals surface area contributed by atoms with Crippen molar-refractivity contribution in [3.8, 4) is 0 Å². The van der Waals surface area contributed by atoms with Crippen molar-refractivity contribution in [2.24, 2.45) is 4.99 Å². The summed E-state index contributed by atoms with van der Waals surface area (Å²) in [6.45, 7) is 4.38. The molecule has 0 saturated heterocycles. The second kappa shape index (κ2) is 2.90. The van der Waals surface area contributed by atoms with Gasteiger partial charge in [0.05, 0.1) is 12.4 Å². The van der Waals surface area contributed by atoms with Crippen molar-refractivity contribution >= 4 is 6.34 Å². The first-order valence-electron chi connectivity index (χ1n) is 4.46. The van der Waals surface area contributed by atoms with Crippen LogP contribution in [0.1, 0.15) is 13.3 Å². The Labute approximate surface area is 73.2 Å². The summed E-state index contributed by atoms with van der Waals surface area (Å²) in [5, 5.41) is 3.23. The molecule has 3 heteroatoms. The molecule has 0 radical (unpaired) electrons. The number of likely N-dealkylation sites (N-methyl/N-ethyl adjacent to an activating group) is 1. The molecule has 0 bridgehead atoms. The van der Waals surface area contributed by atoms with Gasteiger partial charge in [0.15, 0.2) is 0 Å². The maximum absolute atomic E-state index is 4.33. The fraction of sp³-hybridized carbons (Fsp3) is 0.667. The molecule has 66 valence electrons. The molecule has 2 aliphatic heterocycles. The minimum Gasteiger partial charge on any atom is -0.349 e. The van der Waals surface area contributed by atoms with Gasteiger partial charge in [0, 0.05) is 18.8 Å². The van der Waals surface area contributed by atoms with Crippen LogP contribution in [-0.4, -0.2) is 37.4 Å². The van der Waals surface area contributed by atoms with E-state index in [9.17, 15) is 0 Å². The first kappa shape index (κ1) is 7.80. The smallest absolute Gasteiger partial charge is 0.0873 e. The molecule has 2 rings (SSSR count). The van der Waals surface area contributed by atoms with Gasteiger partial charge >= 0.3 is 0 Å². The Hall–Kier alpha value is -0.830. The fourth-order valence-electron chi connectivity index (χ4n) is 1.83. The van der Waals surface area contributed by atoms with E-state index in [1.54, 1.807) is 0 Å². The van der Waals surface area contributed by atoms with Gasteiger partial charge in [-0.25, -0.2) is 0 Å². The summed E-state index contributed by atoms with van der Waals surface area (Å²) in [7, 11) is 2.15. The number of aliphatic imine (C=N–C) groups is 1. The Morgan fingerprint density at radius 3 is 3.33 bits per heavy atom. The highest BCUT2D eigenvalue weighted by Crippen LogP contribution is 2.21. The van der Waals surface area contributed by atoms with Gasteiger partial charge in [0.1, 0.15) is 0 Å². The molecular formula is C9H15N3. The van der Waals surface area contributed by atoms with E-state index in [4.69, 9.17) is 0 Å². The third kappa shape index (κ3) is 1.25. The quantitative estimate of drug-likeness (QED) is 0.569. The summed E-state index contributed by atoms with van der Waals surface area (Å²) in [5.74, 6) is 0. The Morgan fingerprint density at radius 1 is 1.67 bits per heavy atom. The van der Waals surface area contributed by atoms with Gasteiger partial charge in [0.2, 0.25) is 0 Å². The van der Waals surface area contributed by atoms with Crippen LogP contribution in [0.2, 0.25) is 0 Å². The van der Waals surface area contributed by atoms with Crippen LogP contribution in [0, 0.1) is 0 Å². The van der Waals surface area contributed by atoms with Crippen LogP contribution in [0.4, 0.5) is 0 Å². The average molecular weight is 165 g/mol. The predicted molar refractivity (Wildman–Crippen MR) is 50.2 cm³/mol. The van der Waals surface area contributed by atoms with Crippen molar-refractivity contribution < 1.29 is 0 Å². The lowest BCUT2D eigenvalue weighted by Gasteiger charge is -2.31. The summed E-state index contributed by atoms with van der Waals surface area (Å²) in [6.07, 6.45) is 2.99. The van der Waals surface area contributed by atoms with Crippen LogP contribution < -0.4 is 5.32 Å². The van der Waals surface area contributed by atoms with Gasteiger partial charge in [-0.2, -0.15) is 0 Å². The van der Waals surface area contributed by atoms with Crippen molar-refractivity contribution in [3.63, 3.8) is 0 Å². The highest BCUT2D eigenvalue weighted by molar-refractivity contribution is 5.61. The molecule has 0 fully saturated rings. The van der Waals surface area contributed by atoms with E-state index in [2.05, 4.69) is 29.2 Å². The largest absolute Gasteiger partial charge is 0.349 e. The predicted octanol–water partition coefficient (Wildman–Crippen LogP) is 0.596. The van der Waals surface area contributed by atoms with Gasteiger partial charge in [-0.1, -0.05) is 0 Å². The van der Waals surface area contributed by atoms with Crippen molar-refractivity contribution in [3.05, 3.63) is 11.3 Å². The number of hydrogen-bond donors (Lipinski definition) is 1. The monoisotopic (exact) mass is 165 g/mol. The summed E-state index contributed by atoms with van der Waals surface area (Å²) in [5.41, 5.74) is 2.86. The van der Waals surface area contributed by atoms with Crippen LogP contribution in [0.3, 0.4) is 0 Å². The van der Waals surface area contributed by atoms with E-state index in [0.29, 0.717) is 6.04 Å². The summed E-state index contributed by atoms with van der Waals surface area (Å²) in [6, 6.07) is 0.398. The SMILES string of the molecule is CC1N=CNC2=C1CCN(C)C2. The molecular weight excluding hydrogens is 150 g/mol. The van der Waals surface area contributed by atoms with Crippen LogP contribution in [0.25, 0.3) is 0 Å². The van der Waals surface area contributed by atoms with Gasteiger partial charge in [-0.3, -0.25) is 4.99 Å². The van der Waals surface area contributed by atoms with E-state index < -0.39 is 0 Å². The highest BCUT2D eigenvalue weighted by Gasteiger charge is 2.21. The molecule has 2 aliphatic rings. The van der Waals surface area contributed by atoms with Crippen LogP contribution in [0.15, 0.2) is 16.3 Å². The summed E-state index contributed by atoms with van der Waals surface area (Å²) >= 11 is 0. The van der Waals surface area contributed by atoms with E-state index in [-0.39, 0.29) is 0 Å². The van der Waals surface area contributed by atoms with Gasteiger partial charge < -0.3 is 10.2 Å². The zero-order chi connectivity index (χ0) is 8.55. The molecule has 12 heavy (non-hydrogen) atoms. The van der Waals surface area contributed by atoms with Gasteiger partial charge in [-0.05, 0) is 26.0 Å². The number of hydrogen-bond acceptors (Lipinski definition) is 3. The van der Waals surface area contributed by atoms with Crippen molar-refractivity contribution in [2.45, 2.75) is 19.4 Å². The number of nitrogens with one attached hydrogen (secondary N) is 1. The van der Waals surface area contributed by atoms with E-state index in [0.717, 1.165) is 13.0 Å². The topological polar surface area (TPSA) is 27.6 Å². The zero-order valence-electron chi connectivity index (χ0n) is 7.67. The Balaban J connectivity index is 2.21. The molecule has 0 amide bonds. The fourth-order valence-corrected chi connectivity index (χ4v) is 1.83. The van der Waals surface area contributed by atoms with Gasteiger partial charge in [-0.15, -0.1) is 0 Å². The molecule has 3 nitrogen and oxygen atoms in total. The summed E-state index contributed by atoms with van der Waals surface area (Å²) in [4.78, 5) is 6.66. The first-order valence-corrected chi connectivity index (χ1v) is 4.46. The average Bonchev–Trinajstić information content (AvgIpc) is 2.04. The second-order valence-electron chi connectivity index (χ2n) is 3.59. The second-order valence-corrected chi connectivity index (χ2v) is 3.59. The number of nitrogens with zero attached hydrogens (tertiary/aromatic N) is 2. The lowest BCUT2D eigenvalue weighted by molar-refractivity contribution is 0.336. The molecule has 1 atom stereocenters. The first-order chi connectivity index (χ1) is 5.77. The van der Waals surface area contributed by atoms with E-state index in [1.165, 1.54) is 17.8 Å². The van der Waals surface area contributed by atoms with Crippen molar-refractivity contribution in [1.82, 2.24) is 10.2 Å². The summed E-state index contributed by atoms with van der Waals surface area (Å²) < 4.78 is 0. The minimum absolute atomic E-state index is 0.398. The Kier molecular flexibility index (Phi) is 1.89. The van der Waals surface area contributed by atoms with E-state index in [1.807, 2.05) is 6.34 Å². The van der Waals surface area contributed by atoms with Crippen molar-refractivity contribution in [1.29, 1.82) is 0 Å². The standard InChI is InChI=1S/C9H15N3/c1-7-8-3-4-12(2)5-9(8)11-6-10-7/h6-7H,3-5H2,1-2H3,(H,10,11). The molecule has 0 aromatic rings. The third-order valence-corrected chi connectivity index (χ3v) is 2.62. The normalized spacial score (nSPS) is 30.0. The molecule has 0 aromatic heterocycles. The maximum atomic E-state index is 4.33. The Morgan fingerprint density at radius 2 is 2.50 bits per heavy atom. The Bertz CT molecular complexity index is 242. The van der Waals surface area contributed by atoms with Crippen LogP contribution in [-0.2, 0) is 0 Å². The zero-order valence-corrected chi connectivity index (χ0v) is 7.67. The highest BCUT2D eigenvalue weighted by atomic mass is 15.1. The third-order valence-electron chi connectivity index (χ3n) is 2.62. The molecule has 0 spiro atoms. The molecule has 0 aliphatic carbocycles. The molecule has 0 saturated carbocycles. The van der Waals surface area contributed by atoms with E-state index >= 15 is 0 Å². The lowest BCUT2D eigenvalue weighted by atomic mass is 9.98. The molecule has 1 N–H and O–H groups in total. The molecule has 2 heterocycles. The molecule has 0 aromatic carbocycles. The number of rotatable bonds is 0. The maximum Gasteiger partial charge on any atom is 0.0873 e. The van der Waals surface area contributed by atoms with Crippen LogP contribution in [0.5, 0.6) is 0 Å². The lowest BCUT2D eigenvalue weighted by Crippen LogP contribution is -2.37. The van der Waals surface area contributed by atoms with Gasteiger partial charge in [0.25, 0.3) is 0 Å². The molecule has 1 unspecified atom stereocenters.